The third kappa shape index (κ3) is 2.51. The minimum atomic E-state index is -0.766. The Morgan fingerprint density at radius 3 is 2.80 bits per heavy atom. The van der Waals surface area contributed by atoms with Crippen LogP contribution >= 0.6 is 11.6 Å². The first-order valence-corrected chi connectivity index (χ1v) is 6.50. The number of ether oxygens (including phenoxy) is 1. The average molecular weight is 294 g/mol. The normalized spacial score (nSPS) is 13.7. The van der Waals surface area contributed by atoms with Crippen molar-refractivity contribution in [3.05, 3.63) is 52.5 Å². The molecule has 0 unspecified atom stereocenters. The summed E-state index contributed by atoms with van der Waals surface area (Å²) >= 11 is 6.12. The summed E-state index contributed by atoms with van der Waals surface area (Å²) in [6, 6.07) is 6.53. The maximum absolute atomic E-state index is 13.5. The smallest absolute Gasteiger partial charge is 0.219 e. The standard InChI is InChI=1S/C15H10ClF2NO/c16-11-2-1-3-13-10(11)5-7-15(19-13)20-14-6-4-9(17)8-12(14)18/h3-8H,1-2H2. The number of aromatic nitrogens is 1. The van der Waals surface area contributed by atoms with Crippen LogP contribution in [0, 0.1) is 11.6 Å². The van der Waals surface area contributed by atoms with Crippen molar-refractivity contribution >= 4 is 22.7 Å². The molecule has 0 saturated carbocycles. The van der Waals surface area contributed by atoms with Gasteiger partial charge >= 0.3 is 0 Å². The van der Waals surface area contributed by atoms with E-state index in [-0.39, 0.29) is 11.6 Å². The number of pyridine rings is 1. The maximum Gasteiger partial charge on any atom is 0.219 e. The molecule has 0 spiro atoms. The Kier molecular flexibility index (Phi) is 3.40. The van der Waals surface area contributed by atoms with Gasteiger partial charge in [-0.2, -0.15) is 0 Å². The van der Waals surface area contributed by atoms with Crippen LogP contribution < -0.4 is 15.3 Å². The Balaban J connectivity index is 1.99. The van der Waals surface area contributed by atoms with Crippen molar-refractivity contribution in [2.75, 3.05) is 0 Å². The third-order valence-corrected chi connectivity index (χ3v) is 3.39. The first-order valence-electron chi connectivity index (χ1n) is 6.12. The number of hydrogen-bond acceptors (Lipinski definition) is 2. The van der Waals surface area contributed by atoms with Gasteiger partial charge in [0.2, 0.25) is 5.88 Å². The molecule has 5 heteroatoms. The molecule has 1 aromatic heterocycles. The first kappa shape index (κ1) is 13.1. The maximum atomic E-state index is 13.5. The van der Waals surface area contributed by atoms with Crippen LogP contribution in [-0.2, 0) is 0 Å². The second kappa shape index (κ2) is 5.21. The van der Waals surface area contributed by atoms with E-state index in [1.54, 1.807) is 12.1 Å². The first-order chi connectivity index (χ1) is 9.63. The fourth-order valence-electron chi connectivity index (χ4n) is 2.04. The zero-order valence-corrected chi connectivity index (χ0v) is 11.1. The summed E-state index contributed by atoms with van der Waals surface area (Å²) in [5, 5.41) is 2.35. The SMILES string of the molecule is Fc1ccc(Oc2ccc3c(n2)=CCCC=3Cl)c(F)c1. The summed E-state index contributed by atoms with van der Waals surface area (Å²) in [7, 11) is 0. The molecule has 0 atom stereocenters. The minimum absolute atomic E-state index is 0.0651. The molecule has 0 fully saturated rings. The van der Waals surface area contributed by atoms with Gasteiger partial charge in [0.15, 0.2) is 11.6 Å². The molecule has 2 aromatic rings. The van der Waals surface area contributed by atoms with E-state index < -0.39 is 11.6 Å². The summed E-state index contributed by atoms with van der Waals surface area (Å²) in [4.78, 5) is 4.28. The summed E-state index contributed by atoms with van der Waals surface area (Å²) in [6.07, 6.45) is 3.56. The van der Waals surface area contributed by atoms with E-state index in [1.165, 1.54) is 6.07 Å². The Hall–Kier alpha value is -1.94. The van der Waals surface area contributed by atoms with Crippen molar-refractivity contribution < 1.29 is 13.5 Å². The van der Waals surface area contributed by atoms with Crippen molar-refractivity contribution in [2.24, 2.45) is 0 Å². The van der Waals surface area contributed by atoms with Crippen molar-refractivity contribution in [2.45, 2.75) is 12.8 Å². The largest absolute Gasteiger partial charge is 0.436 e. The van der Waals surface area contributed by atoms with Crippen LogP contribution in [0.3, 0.4) is 0 Å². The van der Waals surface area contributed by atoms with Crippen LogP contribution in [0.1, 0.15) is 12.8 Å². The van der Waals surface area contributed by atoms with Crippen LogP contribution in [0.25, 0.3) is 11.1 Å². The lowest BCUT2D eigenvalue weighted by Gasteiger charge is -2.08. The van der Waals surface area contributed by atoms with Crippen molar-refractivity contribution in [1.82, 2.24) is 4.98 Å². The highest BCUT2D eigenvalue weighted by molar-refractivity contribution is 6.45. The zero-order valence-electron chi connectivity index (χ0n) is 10.4. The molecular formula is C15H10ClF2NO. The number of halogens is 3. The Morgan fingerprint density at radius 1 is 1.15 bits per heavy atom. The monoisotopic (exact) mass is 293 g/mol. The molecule has 1 aromatic carbocycles. The van der Waals surface area contributed by atoms with E-state index in [0.29, 0.717) is 0 Å². The highest BCUT2D eigenvalue weighted by Gasteiger charge is 2.08. The van der Waals surface area contributed by atoms with Crippen LogP contribution in [-0.4, -0.2) is 4.98 Å². The lowest BCUT2D eigenvalue weighted by Crippen LogP contribution is -2.31. The van der Waals surface area contributed by atoms with Crippen LogP contribution in [0.4, 0.5) is 8.78 Å². The van der Waals surface area contributed by atoms with Gasteiger partial charge in [-0.25, -0.2) is 13.8 Å². The fraction of sp³-hybridized carbons (Fsp3) is 0.133. The molecule has 20 heavy (non-hydrogen) atoms. The quantitative estimate of drug-likeness (QED) is 0.849. The zero-order chi connectivity index (χ0) is 14.1. The van der Waals surface area contributed by atoms with E-state index in [0.717, 1.165) is 40.6 Å². The molecule has 0 radical (unpaired) electrons. The summed E-state index contributed by atoms with van der Waals surface area (Å²) in [5.74, 6) is -1.23. The van der Waals surface area contributed by atoms with Gasteiger partial charge in [-0.15, -0.1) is 0 Å². The Bertz CT molecular complexity index is 789. The minimum Gasteiger partial charge on any atom is -0.436 e. The number of fused-ring (bicyclic) bond motifs is 1. The highest BCUT2D eigenvalue weighted by atomic mass is 35.5. The summed E-state index contributed by atoms with van der Waals surface area (Å²) in [6.45, 7) is 0. The van der Waals surface area contributed by atoms with Gasteiger partial charge in [0.25, 0.3) is 0 Å². The van der Waals surface area contributed by atoms with Gasteiger partial charge in [0.05, 0.1) is 5.35 Å². The van der Waals surface area contributed by atoms with Crippen molar-refractivity contribution in [1.29, 1.82) is 0 Å². The molecule has 0 saturated heterocycles. The van der Waals surface area contributed by atoms with E-state index in [2.05, 4.69) is 4.98 Å². The molecule has 0 bridgehead atoms. The molecule has 1 heterocycles. The molecular weight excluding hydrogens is 284 g/mol. The fourth-order valence-corrected chi connectivity index (χ4v) is 2.31. The van der Waals surface area contributed by atoms with Gasteiger partial charge in [-0.05, 0) is 31.0 Å². The second-order valence-corrected chi connectivity index (χ2v) is 4.86. The van der Waals surface area contributed by atoms with Gasteiger partial charge in [-0.1, -0.05) is 17.7 Å². The predicted molar refractivity (Wildman–Crippen MR) is 72.9 cm³/mol. The molecule has 1 aliphatic rings. The molecule has 102 valence electrons. The average Bonchev–Trinajstić information content (AvgIpc) is 2.42. The Morgan fingerprint density at radius 2 is 2.00 bits per heavy atom. The van der Waals surface area contributed by atoms with Crippen molar-refractivity contribution in [3.8, 4) is 11.6 Å². The third-order valence-electron chi connectivity index (χ3n) is 3.00. The van der Waals surface area contributed by atoms with E-state index in [1.807, 2.05) is 6.08 Å². The van der Waals surface area contributed by atoms with Gasteiger partial charge in [0.1, 0.15) is 5.82 Å². The van der Waals surface area contributed by atoms with E-state index in [9.17, 15) is 8.78 Å². The van der Waals surface area contributed by atoms with Crippen LogP contribution in [0.15, 0.2) is 30.3 Å². The number of rotatable bonds is 2. The molecule has 0 N–H and O–H groups in total. The van der Waals surface area contributed by atoms with E-state index in [4.69, 9.17) is 16.3 Å². The lowest BCUT2D eigenvalue weighted by atomic mass is 10.1. The van der Waals surface area contributed by atoms with Crippen LogP contribution in [0.5, 0.6) is 11.6 Å². The summed E-state index contributed by atoms with van der Waals surface area (Å²) in [5.41, 5.74) is 0. The number of nitrogens with zero attached hydrogens (tertiary/aromatic N) is 1. The van der Waals surface area contributed by atoms with Gasteiger partial charge in [-0.3, -0.25) is 0 Å². The molecule has 3 rings (SSSR count). The van der Waals surface area contributed by atoms with Crippen LogP contribution in [0.2, 0.25) is 0 Å². The van der Waals surface area contributed by atoms with Crippen molar-refractivity contribution in [3.63, 3.8) is 0 Å². The number of benzene rings is 1. The molecule has 0 amide bonds. The molecule has 1 aliphatic carbocycles. The lowest BCUT2D eigenvalue weighted by molar-refractivity contribution is 0.422. The number of hydrogen-bond donors (Lipinski definition) is 0. The predicted octanol–water partition coefficient (Wildman–Crippen LogP) is 3.07. The highest BCUT2D eigenvalue weighted by Crippen LogP contribution is 2.22. The molecule has 2 nitrogen and oxygen atoms in total. The van der Waals surface area contributed by atoms with E-state index >= 15 is 0 Å². The van der Waals surface area contributed by atoms with Gasteiger partial charge < -0.3 is 4.74 Å². The van der Waals surface area contributed by atoms with Gasteiger partial charge in [0, 0.05) is 22.4 Å². The molecule has 0 aliphatic heterocycles. The summed E-state index contributed by atoms with van der Waals surface area (Å²) < 4.78 is 31.7. The topological polar surface area (TPSA) is 22.1 Å². The second-order valence-electron chi connectivity index (χ2n) is 4.41. The Labute approximate surface area is 119 Å².